The molecular formula is C15H15Cl2F3N4. The van der Waals surface area contributed by atoms with Gasteiger partial charge in [0.1, 0.15) is 5.82 Å². The van der Waals surface area contributed by atoms with E-state index in [9.17, 15) is 13.2 Å². The molecule has 2 rings (SSSR count). The van der Waals surface area contributed by atoms with Crippen molar-refractivity contribution in [1.82, 2.24) is 9.97 Å². The number of nitrogens with zero attached hydrogens (tertiary/aromatic N) is 2. The summed E-state index contributed by atoms with van der Waals surface area (Å²) >= 11 is 11.7. The van der Waals surface area contributed by atoms with Gasteiger partial charge in [0.15, 0.2) is 5.69 Å². The molecule has 1 atom stereocenters. The van der Waals surface area contributed by atoms with E-state index < -0.39 is 11.9 Å². The highest BCUT2D eigenvalue weighted by Gasteiger charge is 2.33. The average Bonchev–Trinajstić information content (AvgIpc) is 2.49. The second kappa shape index (κ2) is 7.44. The molecule has 0 amide bonds. The maximum atomic E-state index is 13.0. The van der Waals surface area contributed by atoms with Crippen molar-refractivity contribution in [3.63, 3.8) is 0 Å². The summed E-state index contributed by atoms with van der Waals surface area (Å²) < 4.78 is 39.1. The molecule has 2 aromatic rings. The molecule has 0 bridgehead atoms. The van der Waals surface area contributed by atoms with Crippen molar-refractivity contribution < 1.29 is 13.2 Å². The van der Waals surface area contributed by atoms with Gasteiger partial charge in [0.05, 0.1) is 10.0 Å². The average molecular weight is 379 g/mol. The number of anilines is 3. The van der Waals surface area contributed by atoms with Crippen molar-refractivity contribution >= 4 is 40.7 Å². The fraction of sp³-hybridized carbons (Fsp3) is 0.333. The Kier molecular flexibility index (Phi) is 5.77. The van der Waals surface area contributed by atoms with Crippen molar-refractivity contribution in [1.29, 1.82) is 0 Å². The molecule has 0 aliphatic heterocycles. The van der Waals surface area contributed by atoms with Gasteiger partial charge in [-0.3, -0.25) is 0 Å². The summed E-state index contributed by atoms with van der Waals surface area (Å²) in [6.07, 6.45) is -3.86. The van der Waals surface area contributed by atoms with Crippen molar-refractivity contribution in [3.05, 3.63) is 40.0 Å². The van der Waals surface area contributed by atoms with Gasteiger partial charge in [-0.15, -0.1) is 0 Å². The third kappa shape index (κ3) is 4.88. The second-order valence-electron chi connectivity index (χ2n) is 5.17. The lowest BCUT2D eigenvalue weighted by Crippen LogP contribution is -2.18. The highest BCUT2D eigenvalue weighted by molar-refractivity contribution is 6.42. The predicted molar refractivity (Wildman–Crippen MR) is 90.2 cm³/mol. The van der Waals surface area contributed by atoms with Crippen LogP contribution in [0.3, 0.4) is 0 Å². The molecule has 9 heteroatoms. The number of aromatic nitrogens is 2. The number of hydrogen-bond donors (Lipinski definition) is 2. The molecular weight excluding hydrogens is 364 g/mol. The lowest BCUT2D eigenvalue weighted by atomic mass is 10.3. The van der Waals surface area contributed by atoms with Crippen LogP contribution in [0.4, 0.5) is 30.6 Å². The smallest absolute Gasteiger partial charge is 0.352 e. The minimum absolute atomic E-state index is 0.00140. The van der Waals surface area contributed by atoms with Crippen LogP contribution in [0.15, 0.2) is 24.3 Å². The number of alkyl halides is 3. The molecule has 1 aromatic carbocycles. The van der Waals surface area contributed by atoms with Crippen molar-refractivity contribution in [2.45, 2.75) is 32.5 Å². The van der Waals surface area contributed by atoms with Gasteiger partial charge in [-0.2, -0.15) is 18.2 Å². The Morgan fingerprint density at radius 2 is 1.83 bits per heavy atom. The van der Waals surface area contributed by atoms with Crippen LogP contribution in [0.25, 0.3) is 0 Å². The molecule has 0 fully saturated rings. The van der Waals surface area contributed by atoms with Gasteiger partial charge in [0, 0.05) is 17.8 Å². The molecule has 24 heavy (non-hydrogen) atoms. The maximum Gasteiger partial charge on any atom is 0.433 e. The van der Waals surface area contributed by atoms with E-state index in [0.29, 0.717) is 10.7 Å². The Bertz CT molecular complexity index is 722. The first-order chi connectivity index (χ1) is 11.2. The summed E-state index contributed by atoms with van der Waals surface area (Å²) in [6.45, 7) is 3.73. The fourth-order valence-electron chi connectivity index (χ4n) is 1.77. The van der Waals surface area contributed by atoms with E-state index >= 15 is 0 Å². The van der Waals surface area contributed by atoms with Gasteiger partial charge >= 0.3 is 6.18 Å². The molecule has 0 saturated carbocycles. The lowest BCUT2D eigenvalue weighted by Gasteiger charge is -2.15. The minimum atomic E-state index is -4.58. The van der Waals surface area contributed by atoms with Gasteiger partial charge < -0.3 is 10.6 Å². The van der Waals surface area contributed by atoms with Gasteiger partial charge in [-0.1, -0.05) is 30.1 Å². The molecule has 0 aliphatic carbocycles. The number of halogens is 5. The van der Waals surface area contributed by atoms with E-state index in [2.05, 4.69) is 20.6 Å². The zero-order valence-corrected chi connectivity index (χ0v) is 14.4. The van der Waals surface area contributed by atoms with Crippen LogP contribution >= 0.6 is 23.2 Å². The molecule has 2 N–H and O–H groups in total. The first-order valence-corrected chi connectivity index (χ1v) is 7.89. The van der Waals surface area contributed by atoms with Gasteiger partial charge in [-0.25, -0.2) is 4.98 Å². The molecule has 0 radical (unpaired) electrons. The largest absolute Gasteiger partial charge is 0.433 e. The Balaban J connectivity index is 2.36. The van der Waals surface area contributed by atoms with Gasteiger partial charge in [-0.05, 0) is 31.5 Å². The zero-order chi connectivity index (χ0) is 17.9. The predicted octanol–water partition coefficient (Wildman–Crippen LogP) is 5.76. The van der Waals surface area contributed by atoms with E-state index in [4.69, 9.17) is 23.2 Å². The van der Waals surface area contributed by atoms with E-state index in [0.717, 1.165) is 12.5 Å². The Morgan fingerprint density at radius 3 is 2.42 bits per heavy atom. The van der Waals surface area contributed by atoms with Crippen LogP contribution in [0.2, 0.25) is 10.0 Å². The maximum absolute atomic E-state index is 13.0. The van der Waals surface area contributed by atoms with Crippen LogP contribution in [0.5, 0.6) is 0 Å². The molecule has 130 valence electrons. The third-order valence-electron chi connectivity index (χ3n) is 3.20. The highest BCUT2D eigenvalue weighted by atomic mass is 35.5. The number of rotatable bonds is 5. The van der Waals surface area contributed by atoms with Gasteiger partial charge in [0.25, 0.3) is 0 Å². The summed E-state index contributed by atoms with van der Waals surface area (Å²) in [7, 11) is 0. The second-order valence-corrected chi connectivity index (χ2v) is 5.98. The fourth-order valence-corrected chi connectivity index (χ4v) is 2.06. The standard InChI is InChI=1S/C15H15Cl2F3N4/c1-3-8(2)21-14-23-12(15(18,19)20)7-13(24-14)22-9-4-5-10(16)11(17)6-9/h4-8H,3H2,1-2H3,(H2,21,22,23,24)/t8-/m1/s1. The summed E-state index contributed by atoms with van der Waals surface area (Å²) in [4.78, 5) is 7.60. The first-order valence-electron chi connectivity index (χ1n) is 7.14. The molecule has 4 nitrogen and oxygen atoms in total. The molecule has 1 aromatic heterocycles. The summed E-state index contributed by atoms with van der Waals surface area (Å²) in [5.74, 6) is -0.0942. The molecule has 0 spiro atoms. The Labute approximate surface area is 147 Å². The monoisotopic (exact) mass is 378 g/mol. The van der Waals surface area contributed by atoms with E-state index in [1.807, 2.05) is 13.8 Å². The van der Waals surface area contributed by atoms with Gasteiger partial charge in [0.2, 0.25) is 5.95 Å². The van der Waals surface area contributed by atoms with Crippen LogP contribution < -0.4 is 10.6 Å². The number of benzene rings is 1. The van der Waals surface area contributed by atoms with Crippen molar-refractivity contribution in [2.24, 2.45) is 0 Å². The first kappa shape index (κ1) is 18.6. The topological polar surface area (TPSA) is 49.8 Å². The highest BCUT2D eigenvalue weighted by Crippen LogP contribution is 2.31. The minimum Gasteiger partial charge on any atom is -0.352 e. The van der Waals surface area contributed by atoms with E-state index in [1.54, 1.807) is 6.07 Å². The summed E-state index contributed by atoms with van der Waals surface area (Å²) in [5, 5.41) is 6.25. The van der Waals surface area contributed by atoms with Crippen molar-refractivity contribution in [2.75, 3.05) is 10.6 Å². The van der Waals surface area contributed by atoms with Crippen LogP contribution in [-0.2, 0) is 6.18 Å². The van der Waals surface area contributed by atoms with E-state index in [1.165, 1.54) is 12.1 Å². The summed E-state index contributed by atoms with van der Waals surface area (Å²) in [5.41, 5.74) is -0.573. The van der Waals surface area contributed by atoms with Crippen LogP contribution in [-0.4, -0.2) is 16.0 Å². The zero-order valence-electron chi connectivity index (χ0n) is 12.9. The number of nitrogens with one attached hydrogen (secondary N) is 2. The van der Waals surface area contributed by atoms with E-state index in [-0.39, 0.29) is 22.8 Å². The van der Waals surface area contributed by atoms with Crippen LogP contribution in [0.1, 0.15) is 26.0 Å². The normalized spacial score (nSPS) is 12.8. The summed E-state index contributed by atoms with van der Waals surface area (Å²) in [6, 6.07) is 5.40. The number of hydrogen-bond acceptors (Lipinski definition) is 4. The quantitative estimate of drug-likeness (QED) is 0.694. The third-order valence-corrected chi connectivity index (χ3v) is 3.94. The Morgan fingerprint density at radius 1 is 1.12 bits per heavy atom. The molecule has 1 heterocycles. The molecule has 0 unspecified atom stereocenters. The molecule has 0 aliphatic rings. The van der Waals surface area contributed by atoms with Crippen LogP contribution in [0, 0.1) is 0 Å². The lowest BCUT2D eigenvalue weighted by molar-refractivity contribution is -0.141. The van der Waals surface area contributed by atoms with Crippen molar-refractivity contribution in [3.8, 4) is 0 Å². The molecule has 0 saturated heterocycles. The Hall–Kier alpha value is -1.73. The SMILES string of the molecule is CC[C@@H](C)Nc1nc(Nc2ccc(Cl)c(Cl)c2)cc(C(F)(F)F)n1.